The van der Waals surface area contributed by atoms with E-state index in [9.17, 15) is 20.7 Å². The summed E-state index contributed by atoms with van der Waals surface area (Å²) in [5, 5.41) is 4.05. The molecule has 1 aromatic rings. The normalized spacial score (nSPS) is 17.8. The zero-order valence-corrected chi connectivity index (χ0v) is 14.3. The molecule has 0 radical (unpaired) electrons. The van der Waals surface area contributed by atoms with E-state index in [2.05, 4.69) is 5.10 Å². The Morgan fingerprint density at radius 3 is 2.23 bits per heavy atom. The highest BCUT2D eigenvalue weighted by Gasteiger charge is 2.31. The van der Waals surface area contributed by atoms with Gasteiger partial charge in [0.15, 0.2) is 0 Å². The Bertz CT molecular complexity index is 750. The van der Waals surface area contributed by atoms with Gasteiger partial charge in [0.25, 0.3) is 0 Å². The van der Waals surface area contributed by atoms with Crippen LogP contribution in [0.4, 0.5) is 3.89 Å². The van der Waals surface area contributed by atoms with Crippen molar-refractivity contribution < 1.29 is 20.7 Å². The molecule has 2 rings (SSSR count). The van der Waals surface area contributed by atoms with E-state index in [0.717, 1.165) is 19.3 Å². The molecular weight excluding hydrogens is 333 g/mol. The van der Waals surface area contributed by atoms with Crippen molar-refractivity contribution in [1.29, 1.82) is 0 Å². The van der Waals surface area contributed by atoms with Gasteiger partial charge in [0.05, 0.1) is 23.7 Å². The molecule has 1 saturated heterocycles. The first-order valence-corrected chi connectivity index (χ1v) is 10.1. The predicted octanol–water partition coefficient (Wildman–Crippen LogP) is 0.974. The van der Waals surface area contributed by atoms with Crippen LogP contribution in [0.25, 0.3) is 0 Å². The van der Waals surface area contributed by atoms with Crippen molar-refractivity contribution in [2.45, 2.75) is 44.6 Å². The zero-order valence-electron chi connectivity index (χ0n) is 12.6. The van der Waals surface area contributed by atoms with Gasteiger partial charge in [-0.3, -0.25) is 4.68 Å². The quantitative estimate of drug-likeness (QED) is 0.736. The maximum atomic E-state index is 12.7. The number of hydrogen-bond acceptors (Lipinski definition) is 5. The summed E-state index contributed by atoms with van der Waals surface area (Å²) in [7, 11) is -8.27. The minimum atomic E-state index is -4.62. The topological polar surface area (TPSA) is 89.3 Å². The van der Waals surface area contributed by atoms with Crippen molar-refractivity contribution in [3.05, 3.63) is 11.4 Å². The lowest BCUT2D eigenvalue weighted by atomic mass is 10.2. The molecule has 0 saturated carbocycles. The highest BCUT2D eigenvalue weighted by Crippen LogP contribution is 2.26. The lowest BCUT2D eigenvalue weighted by molar-refractivity contribution is 0.346. The van der Waals surface area contributed by atoms with Crippen LogP contribution in [0.1, 0.15) is 30.7 Å². The molecule has 126 valence electrons. The monoisotopic (exact) mass is 353 g/mol. The van der Waals surface area contributed by atoms with E-state index in [1.165, 1.54) is 8.99 Å². The minimum Gasteiger partial charge on any atom is -0.267 e. The fourth-order valence-corrected chi connectivity index (χ4v) is 4.98. The summed E-state index contributed by atoms with van der Waals surface area (Å²) in [4.78, 5) is 0.102. The number of aryl methyl sites for hydroxylation is 2. The Morgan fingerprint density at radius 2 is 1.68 bits per heavy atom. The van der Waals surface area contributed by atoms with E-state index in [1.807, 2.05) is 0 Å². The van der Waals surface area contributed by atoms with Gasteiger partial charge in [-0.15, -0.1) is 3.89 Å². The van der Waals surface area contributed by atoms with Crippen LogP contribution < -0.4 is 0 Å². The third-order valence-corrected chi connectivity index (χ3v) is 6.60. The number of aromatic nitrogens is 2. The van der Waals surface area contributed by atoms with Crippen LogP contribution >= 0.6 is 0 Å². The van der Waals surface area contributed by atoms with E-state index in [-0.39, 0.29) is 11.4 Å². The second kappa shape index (κ2) is 6.25. The van der Waals surface area contributed by atoms with Crippen LogP contribution in [0, 0.1) is 13.8 Å². The van der Waals surface area contributed by atoms with Crippen molar-refractivity contribution in [3.63, 3.8) is 0 Å². The van der Waals surface area contributed by atoms with Gasteiger partial charge >= 0.3 is 10.2 Å². The zero-order chi connectivity index (χ0) is 16.5. The van der Waals surface area contributed by atoms with E-state index in [0.29, 0.717) is 24.5 Å². The maximum Gasteiger partial charge on any atom is 0.304 e. The molecule has 0 amide bonds. The highest BCUT2D eigenvalue weighted by atomic mass is 32.3. The second-order valence-corrected chi connectivity index (χ2v) is 8.79. The Balaban J connectivity index is 2.33. The summed E-state index contributed by atoms with van der Waals surface area (Å²) in [6, 6.07) is 0. The summed E-state index contributed by atoms with van der Waals surface area (Å²) >= 11 is 0. The first kappa shape index (κ1) is 17.4. The van der Waals surface area contributed by atoms with Crippen LogP contribution in [-0.4, -0.2) is 49.8 Å². The summed E-state index contributed by atoms with van der Waals surface area (Å²) in [5.41, 5.74) is 0.644. The number of rotatable bonds is 5. The Hall–Kier alpha value is -1.00. The molecular formula is C12H20FN3O4S2. The van der Waals surface area contributed by atoms with Crippen LogP contribution in [0.5, 0.6) is 0 Å². The molecule has 22 heavy (non-hydrogen) atoms. The molecule has 0 aliphatic carbocycles. The highest BCUT2D eigenvalue weighted by molar-refractivity contribution is 7.89. The SMILES string of the molecule is Cc1nn(CCS(=O)(=O)F)c(C)c1S(=O)(=O)N1CCCCC1. The van der Waals surface area contributed by atoms with Gasteiger partial charge in [-0.05, 0) is 26.7 Å². The lowest BCUT2D eigenvalue weighted by Gasteiger charge is -2.25. The first-order valence-electron chi connectivity index (χ1n) is 7.09. The van der Waals surface area contributed by atoms with Gasteiger partial charge in [0.1, 0.15) is 4.90 Å². The number of halogens is 1. The van der Waals surface area contributed by atoms with E-state index in [4.69, 9.17) is 0 Å². The molecule has 1 fully saturated rings. The summed E-state index contributed by atoms with van der Waals surface area (Å²) in [6.07, 6.45) is 2.66. The minimum absolute atomic E-state index is 0.102. The van der Waals surface area contributed by atoms with Crippen molar-refractivity contribution in [3.8, 4) is 0 Å². The summed E-state index contributed by atoms with van der Waals surface area (Å²) < 4.78 is 62.0. The van der Waals surface area contributed by atoms with Gasteiger partial charge < -0.3 is 0 Å². The summed E-state index contributed by atoms with van der Waals surface area (Å²) in [6.45, 7) is 3.86. The number of hydrogen-bond donors (Lipinski definition) is 0. The molecule has 0 bridgehead atoms. The molecule has 1 aliphatic heterocycles. The van der Waals surface area contributed by atoms with Gasteiger partial charge in [0.2, 0.25) is 10.0 Å². The van der Waals surface area contributed by atoms with Gasteiger partial charge in [0, 0.05) is 13.1 Å². The van der Waals surface area contributed by atoms with Gasteiger partial charge in [-0.2, -0.15) is 17.8 Å². The van der Waals surface area contributed by atoms with E-state index >= 15 is 0 Å². The molecule has 0 atom stereocenters. The van der Waals surface area contributed by atoms with Crippen molar-refractivity contribution >= 4 is 20.2 Å². The Kier molecular flexibility index (Phi) is 4.93. The molecule has 0 N–H and O–H groups in total. The van der Waals surface area contributed by atoms with Crippen LogP contribution in [-0.2, 0) is 26.8 Å². The number of nitrogens with zero attached hydrogens (tertiary/aromatic N) is 3. The van der Waals surface area contributed by atoms with Crippen LogP contribution in [0.2, 0.25) is 0 Å². The molecule has 1 aromatic heterocycles. The third kappa shape index (κ3) is 3.66. The number of sulfonamides is 1. The maximum absolute atomic E-state index is 12.7. The van der Waals surface area contributed by atoms with Gasteiger partial charge in [-0.1, -0.05) is 6.42 Å². The standard InChI is InChI=1S/C12H20FN3O4S2/c1-10-12(22(19,20)15-6-4-3-5-7-15)11(2)16(14-10)8-9-21(13,17)18/h3-9H2,1-2H3. The molecule has 0 unspecified atom stereocenters. The molecule has 2 heterocycles. The summed E-state index contributed by atoms with van der Waals surface area (Å²) in [5.74, 6) is -0.724. The molecule has 1 aliphatic rings. The lowest BCUT2D eigenvalue weighted by Crippen LogP contribution is -2.36. The van der Waals surface area contributed by atoms with Crippen molar-refractivity contribution in [2.24, 2.45) is 0 Å². The fraction of sp³-hybridized carbons (Fsp3) is 0.750. The molecule has 7 nitrogen and oxygen atoms in total. The van der Waals surface area contributed by atoms with Gasteiger partial charge in [-0.25, -0.2) is 8.42 Å². The fourth-order valence-electron chi connectivity index (χ4n) is 2.70. The first-order chi connectivity index (χ1) is 10.1. The Morgan fingerprint density at radius 1 is 1.09 bits per heavy atom. The largest absolute Gasteiger partial charge is 0.304 e. The average Bonchev–Trinajstić information content (AvgIpc) is 2.72. The molecule has 0 aromatic carbocycles. The van der Waals surface area contributed by atoms with E-state index in [1.54, 1.807) is 13.8 Å². The molecule has 0 spiro atoms. The smallest absolute Gasteiger partial charge is 0.267 e. The third-order valence-electron chi connectivity index (χ3n) is 3.77. The van der Waals surface area contributed by atoms with Crippen LogP contribution in [0.15, 0.2) is 4.90 Å². The average molecular weight is 353 g/mol. The second-order valence-electron chi connectivity index (χ2n) is 5.43. The van der Waals surface area contributed by atoms with Crippen molar-refractivity contribution in [1.82, 2.24) is 14.1 Å². The molecule has 10 heteroatoms. The Labute approximate surface area is 130 Å². The number of piperidine rings is 1. The predicted molar refractivity (Wildman–Crippen MR) is 79.2 cm³/mol. The van der Waals surface area contributed by atoms with Crippen LogP contribution in [0.3, 0.4) is 0 Å². The van der Waals surface area contributed by atoms with E-state index < -0.39 is 26.0 Å². The van der Waals surface area contributed by atoms with Crippen molar-refractivity contribution in [2.75, 3.05) is 18.8 Å².